The standard InChI is InChI=1S/C20H23ClF3N3O/c1-13-16(14-2-4-15(21)5-3-14)18(26-8-10-28-11-9-26)27(12-19(25)6-7-19)17(13)20(22,23)24/h2-5H,6-12,25H2,1H3. The number of nitrogens with two attached hydrogens (primary N) is 1. The first-order valence-corrected chi connectivity index (χ1v) is 9.75. The van der Waals surface area contributed by atoms with Crippen LogP contribution in [0.3, 0.4) is 0 Å². The molecule has 0 bridgehead atoms. The van der Waals surface area contributed by atoms with Crippen molar-refractivity contribution in [2.75, 3.05) is 31.2 Å². The molecule has 1 aliphatic carbocycles. The third kappa shape index (κ3) is 3.63. The summed E-state index contributed by atoms with van der Waals surface area (Å²) in [6.07, 6.45) is -3.00. The SMILES string of the molecule is Cc1c(-c2ccc(Cl)cc2)c(N2CCOCC2)n(CC2(N)CC2)c1C(F)(F)F. The highest BCUT2D eigenvalue weighted by molar-refractivity contribution is 6.30. The van der Waals surface area contributed by atoms with Gasteiger partial charge in [0, 0.05) is 35.8 Å². The number of ether oxygens (including phenoxy) is 1. The lowest BCUT2D eigenvalue weighted by Gasteiger charge is -2.32. The molecule has 1 aromatic carbocycles. The van der Waals surface area contributed by atoms with Crippen molar-refractivity contribution in [1.29, 1.82) is 0 Å². The number of aromatic nitrogens is 1. The van der Waals surface area contributed by atoms with Gasteiger partial charge in [-0.1, -0.05) is 23.7 Å². The predicted molar refractivity (Wildman–Crippen MR) is 104 cm³/mol. The van der Waals surface area contributed by atoms with Crippen LogP contribution in [0.2, 0.25) is 5.02 Å². The number of hydrogen-bond acceptors (Lipinski definition) is 3. The zero-order chi connectivity index (χ0) is 20.1. The minimum Gasteiger partial charge on any atom is -0.378 e. The quantitative estimate of drug-likeness (QED) is 0.804. The molecule has 1 saturated heterocycles. The van der Waals surface area contributed by atoms with Gasteiger partial charge in [0.05, 0.1) is 13.2 Å². The van der Waals surface area contributed by atoms with Crippen molar-refractivity contribution in [3.05, 3.63) is 40.5 Å². The first-order valence-electron chi connectivity index (χ1n) is 9.37. The van der Waals surface area contributed by atoms with Gasteiger partial charge in [-0.2, -0.15) is 13.2 Å². The molecule has 0 spiro atoms. The minimum absolute atomic E-state index is 0.156. The topological polar surface area (TPSA) is 43.4 Å². The average molecular weight is 414 g/mol. The van der Waals surface area contributed by atoms with Gasteiger partial charge in [-0.25, -0.2) is 0 Å². The van der Waals surface area contributed by atoms with Crippen LogP contribution >= 0.6 is 11.6 Å². The summed E-state index contributed by atoms with van der Waals surface area (Å²) in [5, 5.41) is 0.545. The Balaban J connectivity index is 1.96. The Labute approximate surface area is 167 Å². The fraction of sp³-hybridized carbons (Fsp3) is 0.500. The van der Waals surface area contributed by atoms with E-state index in [1.54, 1.807) is 31.2 Å². The Hall–Kier alpha value is -1.70. The van der Waals surface area contributed by atoms with Crippen LogP contribution < -0.4 is 10.6 Å². The lowest BCUT2D eigenvalue weighted by molar-refractivity contribution is -0.144. The fourth-order valence-corrected chi connectivity index (χ4v) is 4.07. The molecule has 2 heterocycles. The number of alkyl halides is 3. The molecule has 0 unspecified atom stereocenters. The number of anilines is 1. The third-order valence-electron chi connectivity index (χ3n) is 5.56. The number of morpholine rings is 1. The average Bonchev–Trinajstić information content (AvgIpc) is 3.28. The second kappa shape index (κ2) is 6.97. The Morgan fingerprint density at radius 2 is 1.75 bits per heavy atom. The summed E-state index contributed by atoms with van der Waals surface area (Å²) in [5.41, 5.74) is 6.61. The van der Waals surface area contributed by atoms with Crippen molar-refractivity contribution in [3.8, 4) is 11.1 Å². The molecule has 1 saturated carbocycles. The summed E-state index contributed by atoms with van der Waals surface area (Å²) >= 11 is 6.00. The summed E-state index contributed by atoms with van der Waals surface area (Å²) in [5.74, 6) is 0.576. The van der Waals surface area contributed by atoms with Crippen LogP contribution in [0.4, 0.5) is 19.0 Å². The highest BCUT2D eigenvalue weighted by Gasteiger charge is 2.45. The van der Waals surface area contributed by atoms with Crippen LogP contribution in [0.15, 0.2) is 24.3 Å². The van der Waals surface area contributed by atoms with Gasteiger partial charge in [0.15, 0.2) is 0 Å². The van der Waals surface area contributed by atoms with E-state index < -0.39 is 17.4 Å². The van der Waals surface area contributed by atoms with Crippen LogP contribution in [0.1, 0.15) is 24.1 Å². The maximum atomic E-state index is 14.1. The van der Waals surface area contributed by atoms with E-state index in [1.807, 2.05) is 4.90 Å². The fourth-order valence-electron chi connectivity index (χ4n) is 3.95. The van der Waals surface area contributed by atoms with Crippen LogP contribution in [0.5, 0.6) is 0 Å². The molecular weight excluding hydrogens is 391 g/mol. The van der Waals surface area contributed by atoms with Gasteiger partial charge in [0.2, 0.25) is 0 Å². The van der Waals surface area contributed by atoms with E-state index in [2.05, 4.69) is 0 Å². The second-order valence-corrected chi connectivity index (χ2v) is 8.16. The molecule has 152 valence electrons. The smallest absolute Gasteiger partial charge is 0.378 e. The molecule has 4 rings (SSSR count). The van der Waals surface area contributed by atoms with E-state index in [0.717, 1.165) is 18.4 Å². The number of nitrogens with zero attached hydrogens (tertiary/aromatic N) is 2. The minimum atomic E-state index is -4.47. The van der Waals surface area contributed by atoms with Gasteiger partial charge in [0.25, 0.3) is 0 Å². The van der Waals surface area contributed by atoms with E-state index in [1.165, 1.54) is 4.57 Å². The maximum absolute atomic E-state index is 14.1. The summed E-state index contributed by atoms with van der Waals surface area (Å²) in [6.45, 7) is 3.75. The highest BCUT2D eigenvalue weighted by Crippen LogP contribution is 2.47. The Kier molecular flexibility index (Phi) is 4.88. The maximum Gasteiger partial charge on any atom is 0.431 e. The molecule has 2 fully saturated rings. The molecule has 0 radical (unpaired) electrons. The first-order chi connectivity index (χ1) is 13.2. The van der Waals surface area contributed by atoms with Gasteiger partial charge in [-0.15, -0.1) is 0 Å². The lowest BCUT2D eigenvalue weighted by Crippen LogP contribution is -2.39. The summed E-state index contributed by atoms with van der Waals surface area (Å²) in [6, 6.07) is 6.95. The zero-order valence-corrected chi connectivity index (χ0v) is 16.4. The van der Waals surface area contributed by atoms with E-state index in [4.69, 9.17) is 22.1 Å². The van der Waals surface area contributed by atoms with Gasteiger partial charge in [0.1, 0.15) is 11.5 Å². The van der Waals surface area contributed by atoms with Crippen molar-refractivity contribution < 1.29 is 17.9 Å². The zero-order valence-electron chi connectivity index (χ0n) is 15.7. The summed E-state index contributed by atoms with van der Waals surface area (Å²) in [4.78, 5) is 1.99. The monoisotopic (exact) mass is 413 g/mol. The third-order valence-corrected chi connectivity index (χ3v) is 5.81. The lowest BCUT2D eigenvalue weighted by atomic mass is 10.0. The van der Waals surface area contributed by atoms with Crippen molar-refractivity contribution >= 4 is 17.4 Å². The Morgan fingerprint density at radius 1 is 1.14 bits per heavy atom. The molecule has 0 atom stereocenters. The van der Waals surface area contributed by atoms with Gasteiger partial charge < -0.3 is 19.9 Å². The van der Waals surface area contributed by atoms with E-state index in [9.17, 15) is 13.2 Å². The van der Waals surface area contributed by atoms with Crippen molar-refractivity contribution in [2.24, 2.45) is 5.73 Å². The predicted octanol–water partition coefficient (Wildman–Crippen LogP) is 4.46. The molecule has 1 aromatic heterocycles. The van der Waals surface area contributed by atoms with Crippen LogP contribution in [-0.4, -0.2) is 36.4 Å². The number of hydrogen-bond donors (Lipinski definition) is 1. The number of halogens is 4. The first kappa shape index (κ1) is 19.6. The second-order valence-electron chi connectivity index (χ2n) is 7.72. The molecule has 4 nitrogen and oxygen atoms in total. The molecule has 1 aliphatic heterocycles. The van der Waals surface area contributed by atoms with E-state index >= 15 is 0 Å². The molecule has 2 aromatic rings. The van der Waals surface area contributed by atoms with E-state index in [0.29, 0.717) is 42.7 Å². The summed E-state index contributed by atoms with van der Waals surface area (Å²) in [7, 11) is 0. The van der Waals surface area contributed by atoms with Gasteiger partial charge >= 0.3 is 6.18 Å². The van der Waals surface area contributed by atoms with E-state index in [-0.39, 0.29) is 12.1 Å². The molecule has 2 aliphatic rings. The van der Waals surface area contributed by atoms with Gasteiger partial charge in [-0.3, -0.25) is 0 Å². The molecular formula is C20H23ClF3N3O. The van der Waals surface area contributed by atoms with Crippen molar-refractivity contribution in [3.63, 3.8) is 0 Å². The normalized spacial score (nSPS) is 19.1. The highest BCUT2D eigenvalue weighted by atomic mass is 35.5. The largest absolute Gasteiger partial charge is 0.431 e. The van der Waals surface area contributed by atoms with Crippen LogP contribution in [0, 0.1) is 6.92 Å². The van der Waals surface area contributed by atoms with Crippen LogP contribution in [0.25, 0.3) is 11.1 Å². The van der Waals surface area contributed by atoms with Crippen molar-refractivity contribution in [1.82, 2.24) is 4.57 Å². The molecule has 0 amide bonds. The van der Waals surface area contributed by atoms with Crippen molar-refractivity contribution in [2.45, 2.75) is 38.0 Å². The number of benzene rings is 1. The number of rotatable bonds is 4. The summed E-state index contributed by atoms with van der Waals surface area (Å²) < 4.78 is 49.2. The Morgan fingerprint density at radius 3 is 2.29 bits per heavy atom. The molecule has 8 heteroatoms. The van der Waals surface area contributed by atoms with Crippen LogP contribution in [-0.2, 0) is 17.5 Å². The molecule has 28 heavy (non-hydrogen) atoms. The van der Waals surface area contributed by atoms with Gasteiger partial charge in [-0.05, 0) is 43.0 Å². The Bertz CT molecular complexity index is 866. The molecule has 2 N–H and O–H groups in total.